The lowest BCUT2D eigenvalue weighted by molar-refractivity contribution is 0.199. The van der Waals surface area contributed by atoms with Gasteiger partial charge in [0.25, 0.3) is 0 Å². The third kappa shape index (κ3) is 1.45. The van der Waals surface area contributed by atoms with E-state index in [1.165, 1.54) is 22.2 Å². The van der Waals surface area contributed by atoms with Gasteiger partial charge in [-0.3, -0.25) is 0 Å². The first-order valence-electron chi connectivity index (χ1n) is 5.26. The molecule has 1 unspecified atom stereocenters. The van der Waals surface area contributed by atoms with Crippen LogP contribution in [0, 0.1) is 13.8 Å². The Morgan fingerprint density at radius 3 is 2.53 bits per heavy atom. The Hall–Kier alpha value is -1.28. The van der Waals surface area contributed by atoms with Gasteiger partial charge in [0, 0.05) is 23.6 Å². The summed E-state index contributed by atoms with van der Waals surface area (Å²) in [5, 5.41) is 10.8. The molecule has 0 bridgehead atoms. The highest BCUT2D eigenvalue weighted by molar-refractivity contribution is 5.85. The predicted octanol–water partition coefficient (Wildman–Crippen LogP) is 2.85. The van der Waals surface area contributed by atoms with E-state index in [1.54, 1.807) is 6.92 Å². The summed E-state index contributed by atoms with van der Waals surface area (Å²) in [6, 6.07) is 6.16. The molecule has 0 saturated carbocycles. The Kier molecular flexibility index (Phi) is 2.31. The fraction of sp³-hybridized carbons (Fsp3) is 0.385. The molecule has 2 nitrogen and oxygen atoms in total. The lowest BCUT2D eigenvalue weighted by Gasteiger charge is -2.05. The van der Waals surface area contributed by atoms with Gasteiger partial charge in [0.1, 0.15) is 0 Å². The maximum Gasteiger partial charge on any atom is 0.0762 e. The van der Waals surface area contributed by atoms with Gasteiger partial charge in [-0.2, -0.15) is 0 Å². The van der Waals surface area contributed by atoms with Crippen LogP contribution in [-0.4, -0.2) is 9.67 Å². The molecule has 1 N–H and O–H groups in total. The van der Waals surface area contributed by atoms with Crippen molar-refractivity contribution < 1.29 is 5.11 Å². The summed E-state index contributed by atoms with van der Waals surface area (Å²) in [7, 11) is 2.08. The van der Waals surface area contributed by atoms with Gasteiger partial charge in [-0.15, -0.1) is 0 Å². The quantitative estimate of drug-likeness (QED) is 0.757. The number of rotatable bonds is 1. The first kappa shape index (κ1) is 10.2. The SMILES string of the molecule is Cc1c(C)n(C)c2ccc(C(C)O)cc12. The van der Waals surface area contributed by atoms with Gasteiger partial charge in [-0.1, -0.05) is 6.07 Å². The third-order valence-electron chi connectivity index (χ3n) is 3.31. The van der Waals surface area contributed by atoms with Gasteiger partial charge in [-0.25, -0.2) is 0 Å². The Labute approximate surface area is 90.2 Å². The number of fused-ring (bicyclic) bond motifs is 1. The smallest absolute Gasteiger partial charge is 0.0762 e. The number of benzene rings is 1. The molecule has 1 atom stereocenters. The van der Waals surface area contributed by atoms with E-state index in [4.69, 9.17) is 0 Å². The molecule has 0 amide bonds. The topological polar surface area (TPSA) is 25.2 Å². The zero-order valence-corrected chi connectivity index (χ0v) is 9.70. The van der Waals surface area contributed by atoms with Crippen LogP contribution < -0.4 is 0 Å². The van der Waals surface area contributed by atoms with E-state index in [9.17, 15) is 5.11 Å². The molecule has 1 heterocycles. The molecular formula is C13H17NO. The Morgan fingerprint density at radius 2 is 1.93 bits per heavy atom. The third-order valence-corrected chi connectivity index (χ3v) is 3.31. The van der Waals surface area contributed by atoms with Crippen LogP contribution in [-0.2, 0) is 7.05 Å². The van der Waals surface area contributed by atoms with Crippen molar-refractivity contribution in [3.05, 3.63) is 35.0 Å². The van der Waals surface area contributed by atoms with Crippen LogP contribution in [0.2, 0.25) is 0 Å². The number of hydrogen-bond acceptors (Lipinski definition) is 1. The standard InChI is InChI=1S/C13H17NO/c1-8-9(2)14(4)13-6-5-11(10(3)15)7-12(8)13/h5-7,10,15H,1-4H3. The van der Waals surface area contributed by atoms with Gasteiger partial charge in [-0.05, 0) is 44.0 Å². The Balaban J connectivity index is 2.77. The van der Waals surface area contributed by atoms with Crippen molar-refractivity contribution in [2.75, 3.05) is 0 Å². The average Bonchev–Trinajstić information content (AvgIpc) is 2.44. The van der Waals surface area contributed by atoms with E-state index in [0.29, 0.717) is 0 Å². The summed E-state index contributed by atoms with van der Waals surface area (Å²) in [5.74, 6) is 0. The summed E-state index contributed by atoms with van der Waals surface area (Å²) in [4.78, 5) is 0. The van der Waals surface area contributed by atoms with Gasteiger partial charge >= 0.3 is 0 Å². The first-order valence-corrected chi connectivity index (χ1v) is 5.26. The maximum atomic E-state index is 9.54. The summed E-state index contributed by atoms with van der Waals surface area (Å²) in [6.07, 6.45) is -0.394. The van der Waals surface area contributed by atoms with Crippen LogP contribution in [0.1, 0.15) is 29.8 Å². The molecule has 0 saturated heterocycles. The van der Waals surface area contributed by atoms with Crippen LogP contribution in [0.4, 0.5) is 0 Å². The van der Waals surface area contributed by atoms with Gasteiger partial charge in [0.2, 0.25) is 0 Å². The van der Waals surface area contributed by atoms with E-state index >= 15 is 0 Å². The van der Waals surface area contributed by atoms with Crippen molar-refractivity contribution >= 4 is 10.9 Å². The van der Waals surface area contributed by atoms with E-state index in [2.05, 4.69) is 37.6 Å². The maximum absolute atomic E-state index is 9.54. The number of aliphatic hydroxyl groups is 1. The fourth-order valence-corrected chi connectivity index (χ4v) is 2.03. The lowest BCUT2D eigenvalue weighted by Crippen LogP contribution is -1.92. The van der Waals surface area contributed by atoms with E-state index in [0.717, 1.165) is 5.56 Å². The van der Waals surface area contributed by atoms with E-state index < -0.39 is 6.10 Å². The van der Waals surface area contributed by atoms with E-state index in [1.807, 2.05) is 6.07 Å². The molecule has 2 heteroatoms. The van der Waals surface area contributed by atoms with Gasteiger partial charge in [0.05, 0.1) is 6.10 Å². The molecule has 0 aliphatic heterocycles. The monoisotopic (exact) mass is 203 g/mol. The number of aryl methyl sites for hydroxylation is 2. The van der Waals surface area contributed by atoms with Crippen molar-refractivity contribution in [2.45, 2.75) is 26.9 Å². The van der Waals surface area contributed by atoms with Crippen molar-refractivity contribution in [1.29, 1.82) is 0 Å². The highest BCUT2D eigenvalue weighted by Crippen LogP contribution is 2.26. The van der Waals surface area contributed by atoms with Crippen molar-refractivity contribution in [3.8, 4) is 0 Å². The number of hydrogen-bond donors (Lipinski definition) is 1. The van der Waals surface area contributed by atoms with Crippen LogP contribution in [0.3, 0.4) is 0 Å². The molecule has 0 spiro atoms. The Morgan fingerprint density at radius 1 is 1.27 bits per heavy atom. The second-order valence-corrected chi connectivity index (χ2v) is 4.22. The molecule has 0 radical (unpaired) electrons. The largest absolute Gasteiger partial charge is 0.389 e. The number of aliphatic hydroxyl groups excluding tert-OH is 1. The molecular weight excluding hydrogens is 186 g/mol. The summed E-state index contributed by atoms with van der Waals surface area (Å²) >= 11 is 0. The van der Waals surface area contributed by atoms with Crippen LogP contribution in [0.25, 0.3) is 10.9 Å². The molecule has 2 rings (SSSR count). The van der Waals surface area contributed by atoms with Gasteiger partial charge < -0.3 is 9.67 Å². The summed E-state index contributed by atoms with van der Waals surface area (Å²) in [5.41, 5.74) is 4.80. The highest BCUT2D eigenvalue weighted by atomic mass is 16.3. The minimum Gasteiger partial charge on any atom is -0.389 e. The normalized spacial score (nSPS) is 13.4. The molecule has 1 aromatic heterocycles. The fourth-order valence-electron chi connectivity index (χ4n) is 2.03. The number of aromatic nitrogens is 1. The minimum atomic E-state index is -0.394. The van der Waals surface area contributed by atoms with Crippen LogP contribution >= 0.6 is 0 Å². The minimum absolute atomic E-state index is 0.394. The van der Waals surface area contributed by atoms with E-state index in [-0.39, 0.29) is 0 Å². The zero-order valence-electron chi connectivity index (χ0n) is 9.70. The second kappa shape index (κ2) is 3.38. The molecule has 0 aliphatic carbocycles. The van der Waals surface area contributed by atoms with Gasteiger partial charge in [0.15, 0.2) is 0 Å². The molecule has 15 heavy (non-hydrogen) atoms. The summed E-state index contributed by atoms with van der Waals surface area (Å²) < 4.78 is 2.19. The van der Waals surface area contributed by atoms with Crippen LogP contribution in [0.15, 0.2) is 18.2 Å². The van der Waals surface area contributed by atoms with Crippen molar-refractivity contribution in [3.63, 3.8) is 0 Å². The van der Waals surface area contributed by atoms with Crippen molar-refractivity contribution in [2.24, 2.45) is 7.05 Å². The Bertz CT molecular complexity index is 509. The molecule has 0 fully saturated rings. The molecule has 2 aromatic rings. The van der Waals surface area contributed by atoms with Crippen LogP contribution in [0.5, 0.6) is 0 Å². The van der Waals surface area contributed by atoms with Crippen molar-refractivity contribution in [1.82, 2.24) is 4.57 Å². The lowest BCUT2D eigenvalue weighted by atomic mass is 10.1. The predicted molar refractivity (Wildman–Crippen MR) is 63.0 cm³/mol. The highest BCUT2D eigenvalue weighted by Gasteiger charge is 2.09. The first-order chi connectivity index (χ1) is 7.02. The molecule has 1 aromatic carbocycles. The average molecular weight is 203 g/mol. The molecule has 80 valence electrons. The molecule has 0 aliphatic rings. The summed E-state index contributed by atoms with van der Waals surface area (Å²) in [6.45, 7) is 6.05. The second-order valence-electron chi connectivity index (χ2n) is 4.22. The zero-order chi connectivity index (χ0) is 11.2. The number of nitrogens with zero attached hydrogens (tertiary/aromatic N) is 1.